The van der Waals surface area contributed by atoms with Gasteiger partial charge in [0, 0.05) is 22.7 Å². The Morgan fingerprint density at radius 3 is 2.60 bits per heavy atom. The molecule has 0 spiro atoms. The van der Waals surface area contributed by atoms with Crippen molar-refractivity contribution in [1.82, 2.24) is 10.5 Å². The van der Waals surface area contributed by atoms with Crippen LogP contribution in [0.4, 0.5) is 0 Å². The molecule has 0 saturated carbocycles. The first-order valence-electron chi connectivity index (χ1n) is 4.25. The first-order valence-corrected chi connectivity index (χ1v) is 5.13. The van der Waals surface area contributed by atoms with Crippen LogP contribution in [-0.2, 0) is 0 Å². The molecule has 0 aliphatic carbocycles. The van der Waals surface area contributed by atoms with Crippen molar-refractivity contribution in [1.29, 1.82) is 0 Å². The molecule has 0 bridgehead atoms. The molecule has 0 aliphatic rings. The lowest BCUT2D eigenvalue weighted by Crippen LogP contribution is -2.18. The predicted octanol–water partition coefficient (Wildman–Crippen LogP) is 1.93. The summed E-state index contributed by atoms with van der Waals surface area (Å²) in [6.45, 7) is 0. The lowest BCUT2D eigenvalue weighted by atomic mass is 10.1. The number of amides is 1. The Balaban J connectivity index is 2.29. The van der Waals surface area contributed by atoms with Gasteiger partial charge in [0.1, 0.15) is 5.01 Å². The number of carbonyl (C=O) groups excluding carboxylic acids is 1. The van der Waals surface area contributed by atoms with Crippen LogP contribution in [0.2, 0.25) is 0 Å². The first-order chi connectivity index (χ1) is 7.31. The summed E-state index contributed by atoms with van der Waals surface area (Å²) >= 11 is 1.53. The van der Waals surface area contributed by atoms with Crippen molar-refractivity contribution in [3.8, 4) is 10.6 Å². The molecule has 1 aromatic carbocycles. The highest BCUT2D eigenvalue weighted by atomic mass is 32.1. The topological polar surface area (TPSA) is 62.2 Å². The summed E-state index contributed by atoms with van der Waals surface area (Å²) in [4.78, 5) is 15.2. The van der Waals surface area contributed by atoms with Crippen molar-refractivity contribution in [2.24, 2.45) is 0 Å². The van der Waals surface area contributed by atoms with Crippen molar-refractivity contribution in [3.05, 3.63) is 41.4 Å². The molecular weight excluding hydrogens is 212 g/mol. The molecule has 1 heterocycles. The summed E-state index contributed by atoms with van der Waals surface area (Å²) in [7, 11) is 0. The number of hydroxylamine groups is 1. The maximum atomic E-state index is 11.0. The summed E-state index contributed by atoms with van der Waals surface area (Å²) in [5.74, 6) is -0.513. The molecule has 76 valence electrons. The first kappa shape index (κ1) is 9.82. The second kappa shape index (κ2) is 4.20. The van der Waals surface area contributed by atoms with Gasteiger partial charge in [-0.1, -0.05) is 12.1 Å². The Hall–Kier alpha value is -1.72. The quantitative estimate of drug-likeness (QED) is 0.600. The molecule has 0 radical (unpaired) electrons. The third-order valence-electron chi connectivity index (χ3n) is 1.93. The van der Waals surface area contributed by atoms with E-state index in [2.05, 4.69) is 4.98 Å². The Kier molecular flexibility index (Phi) is 2.75. The molecule has 4 nitrogen and oxygen atoms in total. The average molecular weight is 220 g/mol. The minimum absolute atomic E-state index is 0.415. The Labute approximate surface area is 90.2 Å². The fourth-order valence-electron chi connectivity index (χ4n) is 1.19. The van der Waals surface area contributed by atoms with Gasteiger partial charge in [-0.2, -0.15) is 0 Å². The van der Waals surface area contributed by atoms with Gasteiger partial charge in [-0.15, -0.1) is 11.3 Å². The van der Waals surface area contributed by atoms with Gasteiger partial charge in [0.2, 0.25) is 0 Å². The average Bonchev–Trinajstić information content (AvgIpc) is 2.82. The molecule has 0 fully saturated rings. The zero-order chi connectivity index (χ0) is 10.7. The van der Waals surface area contributed by atoms with E-state index in [4.69, 9.17) is 5.21 Å². The summed E-state index contributed by atoms with van der Waals surface area (Å²) in [6, 6.07) is 6.87. The highest BCUT2D eigenvalue weighted by Crippen LogP contribution is 2.21. The lowest BCUT2D eigenvalue weighted by molar-refractivity contribution is 0.0706. The van der Waals surface area contributed by atoms with Crippen LogP contribution in [0.25, 0.3) is 10.6 Å². The van der Waals surface area contributed by atoms with Gasteiger partial charge in [0.05, 0.1) is 0 Å². The van der Waals surface area contributed by atoms with Crippen LogP contribution in [0.5, 0.6) is 0 Å². The maximum Gasteiger partial charge on any atom is 0.274 e. The van der Waals surface area contributed by atoms with Gasteiger partial charge in [-0.25, -0.2) is 10.5 Å². The standard InChI is InChI=1S/C10H8N2O2S/c13-9(12-14)7-1-3-8(4-2-7)10-11-5-6-15-10/h1-6,14H,(H,12,13). The number of carbonyl (C=O) groups is 1. The van der Waals surface area contributed by atoms with Crippen LogP contribution in [-0.4, -0.2) is 16.1 Å². The van der Waals surface area contributed by atoms with E-state index in [9.17, 15) is 4.79 Å². The Morgan fingerprint density at radius 2 is 2.07 bits per heavy atom. The molecule has 15 heavy (non-hydrogen) atoms. The smallest absolute Gasteiger partial charge is 0.274 e. The fourth-order valence-corrected chi connectivity index (χ4v) is 1.84. The summed E-state index contributed by atoms with van der Waals surface area (Å²) in [5.41, 5.74) is 2.96. The number of hydrogen-bond donors (Lipinski definition) is 2. The third kappa shape index (κ3) is 2.03. The highest BCUT2D eigenvalue weighted by molar-refractivity contribution is 7.13. The number of nitrogens with one attached hydrogen (secondary N) is 1. The Bertz CT molecular complexity index is 451. The van der Waals surface area contributed by atoms with Crippen molar-refractivity contribution >= 4 is 17.2 Å². The summed E-state index contributed by atoms with van der Waals surface area (Å²) in [5, 5.41) is 11.2. The van der Waals surface area contributed by atoms with Crippen LogP contribution in [0, 0.1) is 0 Å². The number of aromatic nitrogens is 1. The second-order valence-electron chi connectivity index (χ2n) is 2.86. The monoisotopic (exact) mass is 220 g/mol. The van der Waals surface area contributed by atoms with Crippen molar-refractivity contribution in [3.63, 3.8) is 0 Å². The van der Waals surface area contributed by atoms with E-state index in [-0.39, 0.29) is 0 Å². The zero-order valence-electron chi connectivity index (χ0n) is 7.68. The minimum atomic E-state index is -0.513. The zero-order valence-corrected chi connectivity index (χ0v) is 8.49. The van der Waals surface area contributed by atoms with E-state index >= 15 is 0 Å². The van der Waals surface area contributed by atoms with Gasteiger partial charge in [-0.3, -0.25) is 10.0 Å². The van der Waals surface area contributed by atoms with Gasteiger partial charge < -0.3 is 0 Å². The van der Waals surface area contributed by atoms with Crippen LogP contribution < -0.4 is 5.48 Å². The van der Waals surface area contributed by atoms with Gasteiger partial charge >= 0.3 is 0 Å². The van der Waals surface area contributed by atoms with Gasteiger partial charge in [-0.05, 0) is 12.1 Å². The molecule has 1 aromatic heterocycles. The maximum absolute atomic E-state index is 11.0. The largest absolute Gasteiger partial charge is 0.288 e. The number of rotatable bonds is 2. The van der Waals surface area contributed by atoms with Gasteiger partial charge in [0.25, 0.3) is 5.91 Å². The molecular formula is C10H8N2O2S. The van der Waals surface area contributed by atoms with Crippen LogP contribution in [0.15, 0.2) is 35.8 Å². The SMILES string of the molecule is O=C(NO)c1ccc(-c2nccs2)cc1. The highest BCUT2D eigenvalue weighted by Gasteiger charge is 2.04. The molecule has 0 saturated heterocycles. The van der Waals surface area contributed by atoms with E-state index in [1.54, 1.807) is 35.9 Å². The normalized spacial score (nSPS) is 9.93. The molecule has 0 atom stereocenters. The van der Waals surface area contributed by atoms with E-state index in [1.807, 2.05) is 5.38 Å². The van der Waals surface area contributed by atoms with Crippen LogP contribution in [0.3, 0.4) is 0 Å². The molecule has 1 amide bonds. The van der Waals surface area contributed by atoms with E-state index in [0.717, 1.165) is 10.6 Å². The minimum Gasteiger partial charge on any atom is -0.288 e. The van der Waals surface area contributed by atoms with E-state index in [0.29, 0.717) is 5.56 Å². The van der Waals surface area contributed by atoms with Crippen molar-refractivity contribution in [2.75, 3.05) is 0 Å². The van der Waals surface area contributed by atoms with Crippen molar-refractivity contribution in [2.45, 2.75) is 0 Å². The molecule has 0 aliphatic heterocycles. The van der Waals surface area contributed by atoms with E-state index in [1.165, 1.54) is 11.3 Å². The van der Waals surface area contributed by atoms with Gasteiger partial charge in [0.15, 0.2) is 0 Å². The third-order valence-corrected chi connectivity index (χ3v) is 2.75. The molecule has 5 heteroatoms. The van der Waals surface area contributed by atoms with Crippen molar-refractivity contribution < 1.29 is 10.0 Å². The Morgan fingerprint density at radius 1 is 1.33 bits per heavy atom. The fraction of sp³-hybridized carbons (Fsp3) is 0. The molecule has 2 aromatic rings. The van der Waals surface area contributed by atoms with Crippen LogP contribution >= 0.6 is 11.3 Å². The molecule has 2 N–H and O–H groups in total. The molecule has 0 unspecified atom stereocenters. The predicted molar refractivity (Wildman–Crippen MR) is 56.8 cm³/mol. The summed E-state index contributed by atoms with van der Waals surface area (Å²) < 4.78 is 0. The number of nitrogens with zero attached hydrogens (tertiary/aromatic N) is 1. The number of benzene rings is 1. The second-order valence-corrected chi connectivity index (χ2v) is 3.75. The van der Waals surface area contributed by atoms with Crippen LogP contribution in [0.1, 0.15) is 10.4 Å². The summed E-state index contributed by atoms with van der Waals surface area (Å²) in [6.07, 6.45) is 1.73. The van der Waals surface area contributed by atoms with E-state index < -0.39 is 5.91 Å². The molecule has 2 rings (SSSR count). The number of hydrogen-bond acceptors (Lipinski definition) is 4. The number of thiazole rings is 1. The lowest BCUT2D eigenvalue weighted by Gasteiger charge is -1.99.